The van der Waals surface area contributed by atoms with Crippen LogP contribution in [0, 0.1) is 0 Å². The van der Waals surface area contributed by atoms with Gasteiger partial charge >= 0.3 is 62.5 Å². The number of hydrogen-bond donors (Lipinski definition) is 0. The molecule has 0 aliphatic rings. The van der Waals surface area contributed by atoms with Gasteiger partial charge in [-0.25, -0.2) is 0 Å². The fraction of sp³-hybridized carbons (Fsp3) is 1.00. The van der Waals surface area contributed by atoms with Crippen molar-refractivity contribution in [3.8, 4) is 0 Å². The first-order chi connectivity index (χ1) is 3.62. The zero-order valence-corrected chi connectivity index (χ0v) is 9.42. The molecule has 0 heterocycles. The number of hydrogen-bond acceptors (Lipinski definition) is 1. The molecule has 0 radical (unpaired) electrons. The third-order valence-corrected chi connectivity index (χ3v) is 4.03. The molecule has 0 aromatic heterocycles. The van der Waals surface area contributed by atoms with Crippen LogP contribution in [0.25, 0.3) is 0 Å². The molecule has 0 aromatic carbocycles. The van der Waals surface area contributed by atoms with E-state index in [1.807, 2.05) is 0 Å². The minimum atomic E-state index is -1.45. The summed E-state index contributed by atoms with van der Waals surface area (Å²) in [5.74, 6) is 0. The van der Waals surface area contributed by atoms with Gasteiger partial charge in [-0.1, -0.05) is 0 Å². The molecule has 0 N–H and O–H groups in total. The molecule has 0 saturated carbocycles. The van der Waals surface area contributed by atoms with E-state index in [2.05, 4.69) is 20.8 Å². The van der Waals surface area contributed by atoms with Crippen molar-refractivity contribution in [1.82, 2.24) is 0 Å². The summed E-state index contributed by atoms with van der Waals surface area (Å²) in [6.07, 6.45) is 2.31. The molecule has 0 aliphatic carbocycles. The van der Waals surface area contributed by atoms with Crippen molar-refractivity contribution in [1.29, 1.82) is 0 Å². The molecule has 8 heavy (non-hydrogen) atoms. The molecule has 0 atom stereocenters. The first-order valence-electron chi connectivity index (χ1n) is 3.01. The van der Waals surface area contributed by atoms with E-state index in [9.17, 15) is 2.85 Å². The van der Waals surface area contributed by atoms with Crippen molar-refractivity contribution in [2.45, 2.75) is 36.8 Å². The third-order valence-electron chi connectivity index (χ3n) is 1.15. The molecule has 0 aromatic rings. The van der Waals surface area contributed by atoms with Crippen molar-refractivity contribution in [2.75, 3.05) is 0 Å². The molecule has 0 fully saturated rings. The Labute approximate surface area is 62.6 Å². The van der Waals surface area contributed by atoms with Crippen molar-refractivity contribution in [2.24, 2.45) is 0 Å². The summed E-state index contributed by atoms with van der Waals surface area (Å²) in [4.78, 5) is 0. The van der Waals surface area contributed by atoms with Gasteiger partial charge < -0.3 is 0 Å². The monoisotopic (exact) mass is 281 g/mol. The fourth-order valence-corrected chi connectivity index (χ4v) is 1.94. The Morgan fingerprint density at radius 2 is 2.00 bits per heavy atom. The molecule has 0 aliphatic heterocycles. The molecule has 0 rings (SSSR count). The molecule has 0 amide bonds. The van der Waals surface area contributed by atoms with E-state index in [0.29, 0.717) is 0 Å². The van der Waals surface area contributed by atoms with Crippen LogP contribution in [0.5, 0.6) is 0 Å². The van der Waals surface area contributed by atoms with Gasteiger partial charge in [0.2, 0.25) is 0 Å². The van der Waals surface area contributed by atoms with E-state index < -0.39 is 22.9 Å². The van der Waals surface area contributed by atoms with Crippen molar-refractivity contribution >= 4 is 0 Å². The molecule has 2 heteroatoms. The van der Waals surface area contributed by atoms with Crippen molar-refractivity contribution in [3.05, 3.63) is 0 Å². The van der Waals surface area contributed by atoms with Gasteiger partial charge in [0, 0.05) is 0 Å². The summed E-state index contributed by atoms with van der Waals surface area (Å²) < 4.78 is 10.8. The van der Waals surface area contributed by atoms with Crippen molar-refractivity contribution in [3.63, 3.8) is 0 Å². The predicted molar refractivity (Wildman–Crippen MR) is 29.6 cm³/mol. The van der Waals surface area contributed by atoms with Crippen LogP contribution in [-0.2, 0) is 25.8 Å². The first kappa shape index (κ1) is 8.67. The number of rotatable bonds is 3. The Balaban J connectivity index is 3.53. The van der Waals surface area contributed by atoms with Crippen molar-refractivity contribution < 1.29 is 25.8 Å². The normalized spacial score (nSPS) is 10.9. The Morgan fingerprint density at radius 1 is 1.50 bits per heavy atom. The van der Waals surface area contributed by atoms with Gasteiger partial charge in [-0.2, -0.15) is 0 Å². The molecular weight excluding hydrogens is 267 g/mol. The average Bonchev–Trinajstić information content (AvgIpc) is 1.67. The van der Waals surface area contributed by atoms with Gasteiger partial charge in [0.1, 0.15) is 0 Å². The Morgan fingerprint density at radius 3 is 2.12 bits per heavy atom. The quantitative estimate of drug-likeness (QED) is 0.725. The van der Waals surface area contributed by atoms with E-state index >= 15 is 0 Å². The summed E-state index contributed by atoms with van der Waals surface area (Å²) >= 11 is -1.45. The zero-order chi connectivity index (χ0) is 6.62. The second kappa shape index (κ2) is 3.65. The van der Waals surface area contributed by atoms with Gasteiger partial charge in [-0.3, -0.25) is 0 Å². The van der Waals surface area contributed by atoms with Crippen LogP contribution in [0.15, 0.2) is 0 Å². The van der Waals surface area contributed by atoms with Gasteiger partial charge in [-0.05, 0) is 0 Å². The third kappa shape index (κ3) is 3.65. The van der Waals surface area contributed by atoms with Crippen LogP contribution in [0.2, 0.25) is 3.17 Å². The molecule has 0 spiro atoms. The van der Waals surface area contributed by atoms with Crippen LogP contribution in [0.1, 0.15) is 33.6 Å². The van der Waals surface area contributed by atoms with E-state index in [0.717, 1.165) is 6.42 Å². The van der Waals surface area contributed by atoms with Crippen LogP contribution in [-0.4, -0.2) is 0 Å². The molecule has 47 valence electrons. The SMILES string of the molecule is CCC[C](C)(C)[Hf]=[O]. The minimum absolute atomic E-state index is 0.231. The topological polar surface area (TPSA) is 17.1 Å². The predicted octanol–water partition coefficient (Wildman–Crippen LogP) is 2.41. The molecule has 0 bridgehead atoms. The van der Waals surface area contributed by atoms with Gasteiger partial charge in [0.05, 0.1) is 0 Å². The van der Waals surface area contributed by atoms with E-state index in [1.54, 1.807) is 0 Å². The van der Waals surface area contributed by atoms with Crippen LogP contribution in [0.4, 0.5) is 0 Å². The molecular formula is C6H13HfO. The first-order valence-corrected chi connectivity index (χ1v) is 6.28. The standard InChI is InChI=1S/C6H13.Hf.O/c1-4-5-6(2)3;;/h4-5H2,1-3H3;;. The molecule has 0 unspecified atom stereocenters. The Hall–Kier alpha value is 0.670. The summed E-state index contributed by atoms with van der Waals surface area (Å²) in [7, 11) is 0. The molecule has 1 nitrogen and oxygen atoms in total. The second-order valence-electron chi connectivity index (χ2n) is 2.74. The fourth-order valence-electron chi connectivity index (χ4n) is 0.676. The van der Waals surface area contributed by atoms with Gasteiger partial charge in [0.15, 0.2) is 0 Å². The van der Waals surface area contributed by atoms with Crippen LogP contribution >= 0.6 is 0 Å². The summed E-state index contributed by atoms with van der Waals surface area (Å²) in [6.45, 7) is 6.35. The van der Waals surface area contributed by atoms with E-state index in [4.69, 9.17) is 0 Å². The zero-order valence-electron chi connectivity index (χ0n) is 5.82. The van der Waals surface area contributed by atoms with Gasteiger partial charge in [0.25, 0.3) is 0 Å². The second-order valence-corrected chi connectivity index (χ2v) is 8.33. The van der Waals surface area contributed by atoms with Crippen LogP contribution in [0.3, 0.4) is 0 Å². The average molecular weight is 280 g/mol. The summed E-state index contributed by atoms with van der Waals surface area (Å²) in [5.41, 5.74) is 0. The maximum absolute atomic E-state index is 10.5. The maximum atomic E-state index is 10.5. The van der Waals surface area contributed by atoms with Gasteiger partial charge in [-0.15, -0.1) is 0 Å². The van der Waals surface area contributed by atoms with E-state index in [1.165, 1.54) is 6.42 Å². The summed E-state index contributed by atoms with van der Waals surface area (Å²) in [5, 5.41) is 0. The van der Waals surface area contributed by atoms with E-state index in [-0.39, 0.29) is 3.17 Å². The Bertz CT molecular complexity index is 78.6. The summed E-state index contributed by atoms with van der Waals surface area (Å²) in [6, 6.07) is 0. The van der Waals surface area contributed by atoms with Crippen LogP contribution < -0.4 is 0 Å². The Kier molecular flexibility index (Phi) is 3.95. The molecule has 0 saturated heterocycles.